The monoisotopic (exact) mass is 281 g/mol. The number of ether oxygens (including phenoxy) is 1. The van der Waals surface area contributed by atoms with Gasteiger partial charge in [-0.15, -0.1) is 0 Å². The number of aromatic hydroxyl groups is 1. The maximum atomic E-state index is 9.70. The maximum absolute atomic E-state index is 9.70. The number of hydrogen-bond acceptors (Lipinski definition) is 3. The van der Waals surface area contributed by atoms with E-state index in [0.717, 1.165) is 24.8 Å². The Morgan fingerprint density at radius 2 is 2.19 bits per heavy atom. The molecule has 2 rings (SSSR count). The Kier molecular flexibility index (Phi) is 2.81. The molecule has 0 amide bonds. The van der Waals surface area contributed by atoms with Crippen LogP contribution in [-0.2, 0) is 5.41 Å². The summed E-state index contributed by atoms with van der Waals surface area (Å²) in [6.45, 7) is 0. The van der Waals surface area contributed by atoms with Crippen LogP contribution < -0.4 is 4.74 Å². The fraction of sp³-hybridized carbons (Fsp3) is 0.417. The van der Waals surface area contributed by atoms with Crippen LogP contribution in [0.15, 0.2) is 16.6 Å². The molecule has 0 radical (unpaired) electrons. The molecule has 0 unspecified atom stereocenters. The van der Waals surface area contributed by atoms with Gasteiger partial charge < -0.3 is 9.84 Å². The van der Waals surface area contributed by atoms with E-state index in [1.807, 2.05) is 0 Å². The molecule has 1 aromatic carbocycles. The molecule has 0 bridgehead atoms. The first-order valence-corrected chi connectivity index (χ1v) is 5.90. The highest BCUT2D eigenvalue weighted by Gasteiger charge is 2.39. The first-order chi connectivity index (χ1) is 7.63. The van der Waals surface area contributed by atoms with E-state index in [0.29, 0.717) is 10.2 Å². The summed E-state index contributed by atoms with van der Waals surface area (Å²) >= 11 is 3.27. The highest BCUT2D eigenvalue weighted by Crippen LogP contribution is 2.47. The normalized spacial score (nSPS) is 17.3. The van der Waals surface area contributed by atoms with E-state index < -0.39 is 0 Å². The van der Waals surface area contributed by atoms with Gasteiger partial charge in [-0.3, -0.25) is 0 Å². The van der Waals surface area contributed by atoms with E-state index in [4.69, 9.17) is 4.74 Å². The van der Waals surface area contributed by atoms with Gasteiger partial charge in [-0.25, -0.2) is 0 Å². The summed E-state index contributed by atoms with van der Waals surface area (Å²) in [5.41, 5.74) is 0.534. The van der Waals surface area contributed by atoms with Crippen molar-refractivity contribution in [1.29, 1.82) is 5.26 Å². The van der Waals surface area contributed by atoms with Crippen LogP contribution in [0, 0.1) is 11.3 Å². The van der Waals surface area contributed by atoms with Crippen molar-refractivity contribution in [2.45, 2.75) is 24.7 Å². The predicted molar refractivity (Wildman–Crippen MR) is 63.5 cm³/mol. The second-order valence-corrected chi connectivity index (χ2v) is 4.91. The average molecular weight is 282 g/mol. The van der Waals surface area contributed by atoms with Crippen LogP contribution >= 0.6 is 15.9 Å². The van der Waals surface area contributed by atoms with E-state index in [-0.39, 0.29) is 11.2 Å². The lowest BCUT2D eigenvalue weighted by atomic mass is 9.65. The molecule has 1 fully saturated rings. The van der Waals surface area contributed by atoms with Gasteiger partial charge in [-0.1, -0.05) is 0 Å². The Bertz CT molecular complexity index is 461. The lowest BCUT2D eigenvalue weighted by Crippen LogP contribution is -2.32. The molecule has 0 heterocycles. The van der Waals surface area contributed by atoms with Gasteiger partial charge >= 0.3 is 0 Å². The summed E-state index contributed by atoms with van der Waals surface area (Å²) in [5, 5.41) is 18.9. The van der Waals surface area contributed by atoms with Gasteiger partial charge in [0.25, 0.3) is 0 Å². The van der Waals surface area contributed by atoms with Crippen molar-refractivity contribution in [1.82, 2.24) is 0 Å². The summed E-state index contributed by atoms with van der Waals surface area (Å²) in [5.74, 6) is 0.490. The zero-order valence-corrected chi connectivity index (χ0v) is 10.5. The van der Waals surface area contributed by atoms with E-state index in [1.165, 1.54) is 7.11 Å². The van der Waals surface area contributed by atoms with Crippen molar-refractivity contribution in [2.75, 3.05) is 7.11 Å². The summed E-state index contributed by atoms with van der Waals surface area (Å²) in [7, 11) is 1.51. The molecule has 1 aromatic rings. The lowest BCUT2D eigenvalue weighted by Gasteiger charge is -2.36. The largest absolute Gasteiger partial charge is 0.503 e. The number of nitriles is 1. The van der Waals surface area contributed by atoms with E-state index >= 15 is 0 Å². The molecular weight excluding hydrogens is 270 g/mol. The van der Waals surface area contributed by atoms with Gasteiger partial charge in [0, 0.05) is 0 Å². The third-order valence-corrected chi connectivity index (χ3v) is 3.83. The Morgan fingerprint density at radius 3 is 2.62 bits per heavy atom. The molecular formula is C12H12BrNO2. The minimum absolute atomic E-state index is 0.0821. The average Bonchev–Trinajstić information content (AvgIpc) is 2.22. The van der Waals surface area contributed by atoms with Crippen molar-refractivity contribution >= 4 is 15.9 Å². The van der Waals surface area contributed by atoms with Gasteiger partial charge in [0.1, 0.15) is 0 Å². The molecule has 84 valence electrons. The predicted octanol–water partition coefficient (Wildman–Crippen LogP) is 3.11. The number of benzene rings is 1. The Hall–Kier alpha value is -1.21. The third kappa shape index (κ3) is 1.56. The highest BCUT2D eigenvalue weighted by atomic mass is 79.9. The van der Waals surface area contributed by atoms with Crippen LogP contribution in [0.4, 0.5) is 0 Å². The Labute approximate surface area is 103 Å². The number of phenolic OH excluding ortho intramolecular Hbond substituents is 1. The zero-order chi connectivity index (χ0) is 11.8. The van der Waals surface area contributed by atoms with Gasteiger partial charge in [0.05, 0.1) is 23.1 Å². The fourth-order valence-electron chi connectivity index (χ4n) is 2.00. The number of nitrogens with zero attached hydrogens (tertiary/aromatic N) is 1. The molecule has 16 heavy (non-hydrogen) atoms. The molecule has 1 aliphatic carbocycles. The van der Waals surface area contributed by atoms with Gasteiger partial charge in [-0.05, 0) is 52.9 Å². The molecule has 0 spiro atoms. The van der Waals surface area contributed by atoms with Crippen LogP contribution in [0.3, 0.4) is 0 Å². The number of hydrogen-bond donors (Lipinski definition) is 1. The molecule has 1 N–H and O–H groups in total. The van der Waals surface area contributed by atoms with Crippen molar-refractivity contribution in [2.24, 2.45) is 0 Å². The molecule has 0 aliphatic heterocycles. The molecule has 0 saturated heterocycles. The van der Waals surface area contributed by atoms with Crippen LogP contribution in [0.2, 0.25) is 0 Å². The highest BCUT2D eigenvalue weighted by molar-refractivity contribution is 9.10. The van der Waals surface area contributed by atoms with Crippen LogP contribution in [0.1, 0.15) is 24.8 Å². The van der Waals surface area contributed by atoms with Gasteiger partial charge in [-0.2, -0.15) is 5.26 Å². The maximum Gasteiger partial charge on any atom is 0.172 e. The first-order valence-electron chi connectivity index (χ1n) is 5.11. The summed E-state index contributed by atoms with van der Waals surface area (Å²) in [4.78, 5) is 0. The number of halogens is 1. The Balaban J connectivity index is 2.51. The van der Waals surface area contributed by atoms with Crippen molar-refractivity contribution in [3.63, 3.8) is 0 Å². The summed E-state index contributed by atoms with van der Waals surface area (Å²) < 4.78 is 5.66. The SMILES string of the molecule is COc1cc(C2(C#N)CCC2)cc(Br)c1O. The van der Waals surface area contributed by atoms with E-state index in [9.17, 15) is 10.4 Å². The fourth-order valence-corrected chi connectivity index (χ4v) is 2.44. The van der Waals surface area contributed by atoms with Gasteiger partial charge in [0.15, 0.2) is 11.5 Å². The number of methoxy groups -OCH3 is 1. The Morgan fingerprint density at radius 1 is 1.50 bits per heavy atom. The minimum Gasteiger partial charge on any atom is -0.503 e. The molecule has 1 saturated carbocycles. The minimum atomic E-state index is -0.385. The van der Waals surface area contributed by atoms with E-state index in [1.54, 1.807) is 12.1 Å². The van der Waals surface area contributed by atoms with Crippen molar-refractivity contribution < 1.29 is 9.84 Å². The lowest BCUT2D eigenvalue weighted by molar-refractivity contribution is 0.319. The van der Waals surface area contributed by atoms with Crippen molar-refractivity contribution in [3.05, 3.63) is 22.2 Å². The standard InChI is InChI=1S/C12H12BrNO2/c1-16-10-6-8(5-9(13)11(10)15)12(7-14)3-2-4-12/h5-6,15H,2-4H2,1H3. The molecule has 0 aromatic heterocycles. The molecule has 4 heteroatoms. The molecule has 3 nitrogen and oxygen atoms in total. The van der Waals surface area contributed by atoms with Crippen LogP contribution in [-0.4, -0.2) is 12.2 Å². The van der Waals surface area contributed by atoms with Crippen LogP contribution in [0.5, 0.6) is 11.5 Å². The van der Waals surface area contributed by atoms with Crippen molar-refractivity contribution in [3.8, 4) is 17.6 Å². The number of rotatable bonds is 2. The van der Waals surface area contributed by atoms with Crippen LogP contribution in [0.25, 0.3) is 0 Å². The molecule has 1 aliphatic rings. The second kappa shape index (κ2) is 3.99. The summed E-state index contributed by atoms with van der Waals surface area (Å²) in [6.07, 6.45) is 2.84. The topological polar surface area (TPSA) is 53.2 Å². The third-order valence-electron chi connectivity index (χ3n) is 3.22. The van der Waals surface area contributed by atoms with E-state index in [2.05, 4.69) is 22.0 Å². The quantitative estimate of drug-likeness (QED) is 0.906. The smallest absolute Gasteiger partial charge is 0.172 e. The summed E-state index contributed by atoms with van der Waals surface area (Å²) in [6, 6.07) is 5.93. The first kappa shape index (κ1) is 11.3. The second-order valence-electron chi connectivity index (χ2n) is 4.06. The molecule has 0 atom stereocenters. The van der Waals surface area contributed by atoms with Gasteiger partial charge in [0.2, 0.25) is 0 Å². The zero-order valence-electron chi connectivity index (χ0n) is 8.96. The number of phenols is 1.